The van der Waals surface area contributed by atoms with Crippen LogP contribution in [-0.4, -0.2) is 27.2 Å². The fourth-order valence-corrected chi connectivity index (χ4v) is 3.01. The van der Waals surface area contributed by atoms with E-state index in [1.165, 1.54) is 19.1 Å². The average molecular weight is 487 g/mol. The first-order chi connectivity index (χ1) is 15.8. The van der Waals surface area contributed by atoms with Gasteiger partial charge in [-0.2, -0.15) is 26.3 Å². The van der Waals surface area contributed by atoms with Gasteiger partial charge in [0, 0.05) is 17.3 Å². The van der Waals surface area contributed by atoms with Crippen molar-refractivity contribution in [3.8, 4) is 11.3 Å². The Bertz CT molecular complexity index is 1160. The van der Waals surface area contributed by atoms with Gasteiger partial charge in [0.25, 0.3) is 5.91 Å². The van der Waals surface area contributed by atoms with E-state index in [-0.39, 0.29) is 22.5 Å². The summed E-state index contributed by atoms with van der Waals surface area (Å²) in [5.41, 5.74) is -1.80. The number of aliphatic hydroxyl groups is 1. The molecule has 3 aromatic rings. The molecule has 1 aromatic carbocycles. The lowest BCUT2D eigenvalue weighted by Gasteiger charge is -2.18. The number of halogens is 7. The Morgan fingerprint density at radius 1 is 0.971 bits per heavy atom. The zero-order valence-corrected chi connectivity index (χ0v) is 17.2. The van der Waals surface area contributed by atoms with Crippen LogP contribution in [0.5, 0.6) is 0 Å². The van der Waals surface area contributed by atoms with Crippen LogP contribution in [0.3, 0.4) is 0 Å². The van der Waals surface area contributed by atoms with Crippen molar-refractivity contribution in [2.75, 3.05) is 0 Å². The van der Waals surface area contributed by atoms with E-state index in [1.807, 2.05) is 0 Å². The molecule has 0 radical (unpaired) electrons. The number of rotatable bonds is 5. The van der Waals surface area contributed by atoms with Gasteiger partial charge in [0.15, 0.2) is 6.10 Å². The van der Waals surface area contributed by atoms with Crippen molar-refractivity contribution in [2.24, 2.45) is 0 Å². The van der Waals surface area contributed by atoms with Gasteiger partial charge >= 0.3 is 12.4 Å². The molecule has 0 aliphatic rings. The molecule has 3 rings (SSSR count). The lowest BCUT2D eigenvalue weighted by molar-refractivity contribution is -0.206. The molecular weight excluding hydrogens is 471 g/mol. The second kappa shape index (κ2) is 9.37. The molecule has 2 heterocycles. The van der Waals surface area contributed by atoms with Gasteiger partial charge in [-0.3, -0.25) is 14.8 Å². The topological polar surface area (TPSA) is 75.1 Å². The van der Waals surface area contributed by atoms with E-state index in [1.54, 1.807) is 0 Å². The van der Waals surface area contributed by atoms with Crippen LogP contribution in [0.4, 0.5) is 30.7 Å². The van der Waals surface area contributed by atoms with Crippen molar-refractivity contribution < 1.29 is 40.6 Å². The van der Waals surface area contributed by atoms with Gasteiger partial charge < -0.3 is 10.4 Å². The van der Waals surface area contributed by atoms with Crippen LogP contribution in [0, 0.1) is 5.82 Å². The standard InChI is InChI=1S/C22H16F7N3O2/c1-11(17-4-2-15(9-30-17)21(24,25)26)32-20(34)14-7-12(18-5-3-16(23)10-31-18)6-13(8-14)19(33)22(27,28)29/h2-11,19,33H,1H3,(H,32,34)/t11-,19?/m1/s1. The van der Waals surface area contributed by atoms with Gasteiger partial charge in [0.05, 0.1) is 29.2 Å². The Kier molecular flexibility index (Phi) is 6.92. The lowest BCUT2D eigenvalue weighted by Crippen LogP contribution is -2.28. The van der Waals surface area contributed by atoms with Crippen LogP contribution in [0.2, 0.25) is 0 Å². The second-order valence-corrected chi connectivity index (χ2v) is 7.31. The Balaban J connectivity index is 1.93. The minimum atomic E-state index is -5.03. The highest BCUT2D eigenvalue weighted by atomic mass is 19.4. The highest BCUT2D eigenvalue weighted by molar-refractivity contribution is 5.96. The highest BCUT2D eigenvalue weighted by Crippen LogP contribution is 2.35. The molecule has 0 fully saturated rings. The SMILES string of the molecule is C[C@@H](NC(=O)c1cc(-c2ccc(F)cn2)cc(C(O)C(F)(F)F)c1)c1ccc(C(F)(F)F)cn1. The van der Waals surface area contributed by atoms with Gasteiger partial charge in [-0.1, -0.05) is 0 Å². The molecule has 0 saturated heterocycles. The third-order valence-electron chi connectivity index (χ3n) is 4.77. The van der Waals surface area contributed by atoms with Crippen molar-refractivity contribution in [1.29, 1.82) is 0 Å². The zero-order valence-electron chi connectivity index (χ0n) is 17.2. The molecule has 1 unspecified atom stereocenters. The number of alkyl halides is 6. The van der Waals surface area contributed by atoms with Crippen LogP contribution in [0.15, 0.2) is 54.9 Å². The number of aliphatic hydroxyl groups excluding tert-OH is 1. The molecule has 0 aliphatic carbocycles. The van der Waals surface area contributed by atoms with E-state index in [9.17, 15) is 40.6 Å². The van der Waals surface area contributed by atoms with E-state index in [0.717, 1.165) is 36.5 Å². The molecule has 0 aliphatic heterocycles. The predicted molar refractivity (Wildman–Crippen MR) is 106 cm³/mol. The molecule has 34 heavy (non-hydrogen) atoms. The van der Waals surface area contributed by atoms with E-state index < -0.39 is 47.3 Å². The molecular formula is C22H16F7N3O2. The number of pyridine rings is 2. The predicted octanol–water partition coefficient (Wildman–Crippen LogP) is 5.39. The average Bonchev–Trinajstić information content (AvgIpc) is 2.77. The summed E-state index contributed by atoms with van der Waals surface area (Å²) in [6, 6.07) is 6.13. The first-order valence-corrected chi connectivity index (χ1v) is 9.61. The van der Waals surface area contributed by atoms with Crippen molar-refractivity contribution in [3.05, 3.63) is 83.1 Å². The minimum Gasteiger partial charge on any atom is -0.379 e. The first kappa shape index (κ1) is 25.1. The molecule has 0 spiro atoms. The Morgan fingerprint density at radius 3 is 2.21 bits per heavy atom. The number of aromatic nitrogens is 2. The molecule has 12 heteroatoms. The molecule has 1 amide bonds. The van der Waals surface area contributed by atoms with Gasteiger partial charge in [0.1, 0.15) is 5.82 Å². The lowest BCUT2D eigenvalue weighted by atomic mass is 9.98. The minimum absolute atomic E-state index is 0.00579. The number of amides is 1. The summed E-state index contributed by atoms with van der Waals surface area (Å²) < 4.78 is 90.6. The number of carbonyl (C=O) groups is 1. The summed E-state index contributed by atoms with van der Waals surface area (Å²) in [4.78, 5) is 20.2. The van der Waals surface area contributed by atoms with Gasteiger partial charge in [-0.05, 0) is 55.0 Å². The summed E-state index contributed by atoms with van der Waals surface area (Å²) in [7, 11) is 0. The third-order valence-corrected chi connectivity index (χ3v) is 4.77. The quantitative estimate of drug-likeness (QED) is 0.474. The molecule has 0 saturated carbocycles. The van der Waals surface area contributed by atoms with E-state index in [2.05, 4.69) is 15.3 Å². The third kappa shape index (κ3) is 5.87. The first-order valence-electron chi connectivity index (χ1n) is 9.61. The van der Waals surface area contributed by atoms with Crippen LogP contribution >= 0.6 is 0 Å². The number of nitrogens with zero attached hydrogens (tertiary/aromatic N) is 2. The fraction of sp³-hybridized carbons (Fsp3) is 0.227. The van der Waals surface area contributed by atoms with Crippen molar-refractivity contribution in [2.45, 2.75) is 31.4 Å². The number of nitrogens with one attached hydrogen (secondary N) is 1. The van der Waals surface area contributed by atoms with Crippen molar-refractivity contribution in [3.63, 3.8) is 0 Å². The largest absolute Gasteiger partial charge is 0.418 e. The summed E-state index contributed by atoms with van der Waals surface area (Å²) >= 11 is 0. The number of carbonyl (C=O) groups excluding carboxylic acids is 1. The van der Waals surface area contributed by atoms with E-state index >= 15 is 0 Å². The monoisotopic (exact) mass is 487 g/mol. The molecule has 0 bridgehead atoms. The number of hydrogen-bond acceptors (Lipinski definition) is 4. The van der Waals surface area contributed by atoms with Gasteiger partial charge in [-0.25, -0.2) is 4.39 Å². The Labute approximate surface area is 188 Å². The highest BCUT2D eigenvalue weighted by Gasteiger charge is 2.40. The Morgan fingerprint density at radius 2 is 1.68 bits per heavy atom. The van der Waals surface area contributed by atoms with Crippen LogP contribution in [0.25, 0.3) is 11.3 Å². The van der Waals surface area contributed by atoms with E-state index in [4.69, 9.17) is 0 Å². The Hall–Kier alpha value is -3.54. The normalized spacial score (nSPS) is 13.9. The maximum atomic E-state index is 13.2. The summed E-state index contributed by atoms with van der Waals surface area (Å²) in [5, 5.41) is 12.1. The summed E-state index contributed by atoms with van der Waals surface area (Å²) in [5.74, 6) is -1.57. The molecule has 2 atom stereocenters. The summed E-state index contributed by atoms with van der Waals surface area (Å²) in [6.45, 7) is 1.42. The van der Waals surface area contributed by atoms with Crippen LogP contribution in [0.1, 0.15) is 46.2 Å². The second-order valence-electron chi connectivity index (χ2n) is 7.31. The van der Waals surface area contributed by atoms with Crippen LogP contribution < -0.4 is 5.32 Å². The maximum absolute atomic E-state index is 13.2. The van der Waals surface area contributed by atoms with Gasteiger partial charge in [0.2, 0.25) is 0 Å². The summed E-state index contributed by atoms with van der Waals surface area (Å²) in [6.07, 6.45) is -11.1. The number of benzene rings is 1. The van der Waals surface area contributed by atoms with Crippen molar-refractivity contribution in [1.82, 2.24) is 15.3 Å². The molecule has 2 N–H and O–H groups in total. The smallest absolute Gasteiger partial charge is 0.379 e. The van der Waals surface area contributed by atoms with Gasteiger partial charge in [-0.15, -0.1) is 0 Å². The molecule has 2 aromatic heterocycles. The molecule has 5 nitrogen and oxygen atoms in total. The maximum Gasteiger partial charge on any atom is 0.418 e. The zero-order chi connectivity index (χ0) is 25.3. The van der Waals surface area contributed by atoms with E-state index in [0.29, 0.717) is 6.20 Å². The number of hydrogen-bond donors (Lipinski definition) is 2. The van der Waals surface area contributed by atoms with Crippen molar-refractivity contribution >= 4 is 5.91 Å². The fourth-order valence-electron chi connectivity index (χ4n) is 3.01. The molecule has 180 valence electrons. The van der Waals surface area contributed by atoms with Crippen LogP contribution in [-0.2, 0) is 6.18 Å².